The first-order chi connectivity index (χ1) is 11.8. The van der Waals surface area contributed by atoms with Crippen LogP contribution in [0.4, 0.5) is 0 Å². The Morgan fingerprint density at radius 2 is 1.92 bits per heavy atom. The van der Waals surface area contributed by atoms with E-state index in [9.17, 15) is 4.79 Å². The summed E-state index contributed by atoms with van der Waals surface area (Å²) in [5, 5.41) is 3.42. The van der Waals surface area contributed by atoms with Crippen LogP contribution in [0.3, 0.4) is 0 Å². The number of para-hydroxylation sites is 2. The Balaban J connectivity index is 1.52. The molecule has 0 spiro atoms. The molecular weight excluding hydrogens is 324 g/mol. The van der Waals surface area contributed by atoms with Gasteiger partial charge in [0.05, 0.1) is 12.4 Å². The third-order valence-corrected chi connectivity index (χ3v) is 4.32. The van der Waals surface area contributed by atoms with Gasteiger partial charge in [-0.3, -0.25) is 4.79 Å². The predicted molar refractivity (Wildman–Crippen MR) is 93.7 cm³/mol. The number of carbonyl (C=O) groups excluding carboxylic acids is 1. The van der Waals surface area contributed by atoms with E-state index in [-0.39, 0.29) is 11.7 Å². The van der Waals surface area contributed by atoms with E-state index in [2.05, 4.69) is 10.3 Å². The maximum atomic E-state index is 12.0. The molecule has 0 unspecified atom stereocenters. The van der Waals surface area contributed by atoms with Crippen LogP contribution in [0, 0.1) is 0 Å². The van der Waals surface area contributed by atoms with Gasteiger partial charge in [0, 0.05) is 13.7 Å². The van der Waals surface area contributed by atoms with Gasteiger partial charge in [0.25, 0.3) is 5.22 Å². The zero-order valence-electron chi connectivity index (χ0n) is 13.3. The highest BCUT2D eigenvalue weighted by molar-refractivity contribution is 7.99. The van der Waals surface area contributed by atoms with Crippen molar-refractivity contribution in [2.45, 2.75) is 18.4 Å². The monoisotopic (exact) mass is 342 g/mol. The van der Waals surface area contributed by atoms with Crippen molar-refractivity contribution in [2.24, 2.45) is 0 Å². The summed E-state index contributed by atoms with van der Waals surface area (Å²) in [5.41, 5.74) is 3.66. The highest BCUT2D eigenvalue weighted by atomic mass is 32.2. The van der Waals surface area contributed by atoms with Crippen molar-refractivity contribution in [3.8, 4) is 0 Å². The molecule has 0 bridgehead atoms. The van der Waals surface area contributed by atoms with E-state index in [1.54, 1.807) is 7.11 Å². The van der Waals surface area contributed by atoms with E-state index in [4.69, 9.17) is 9.15 Å². The zero-order valence-corrected chi connectivity index (χ0v) is 14.1. The number of carbonyl (C=O) groups is 1. The standard InChI is InChI=1S/C18H18N2O3S/c1-22-11-14-7-3-2-6-13(14)10-19-17(21)12-24-18-20-15-8-4-5-9-16(15)23-18/h2-9H,10-12H2,1H3,(H,19,21). The van der Waals surface area contributed by atoms with Crippen molar-refractivity contribution >= 4 is 28.8 Å². The second-order valence-corrected chi connectivity index (χ2v) is 6.14. The normalized spacial score (nSPS) is 10.9. The summed E-state index contributed by atoms with van der Waals surface area (Å²) in [6, 6.07) is 15.4. The summed E-state index contributed by atoms with van der Waals surface area (Å²) >= 11 is 1.29. The second kappa shape index (κ2) is 7.99. The first-order valence-corrected chi connectivity index (χ1v) is 8.55. The summed E-state index contributed by atoms with van der Waals surface area (Å²) in [6.45, 7) is 1.01. The number of methoxy groups -OCH3 is 1. The van der Waals surface area contributed by atoms with Crippen LogP contribution in [0.25, 0.3) is 11.1 Å². The quantitative estimate of drug-likeness (QED) is 0.667. The first kappa shape index (κ1) is 16.5. The minimum atomic E-state index is -0.0607. The van der Waals surface area contributed by atoms with E-state index in [0.717, 1.165) is 22.2 Å². The maximum absolute atomic E-state index is 12.0. The smallest absolute Gasteiger partial charge is 0.257 e. The molecule has 1 heterocycles. The molecule has 1 N–H and O–H groups in total. The highest BCUT2D eigenvalue weighted by Crippen LogP contribution is 2.22. The number of thioether (sulfide) groups is 1. The van der Waals surface area contributed by atoms with Gasteiger partial charge in [-0.05, 0) is 23.3 Å². The molecule has 124 valence electrons. The molecular formula is C18H18N2O3S. The van der Waals surface area contributed by atoms with Gasteiger partial charge in [-0.25, -0.2) is 4.98 Å². The number of fused-ring (bicyclic) bond motifs is 1. The van der Waals surface area contributed by atoms with Crippen molar-refractivity contribution < 1.29 is 13.9 Å². The van der Waals surface area contributed by atoms with E-state index >= 15 is 0 Å². The van der Waals surface area contributed by atoms with Crippen LogP contribution < -0.4 is 5.32 Å². The Kier molecular flexibility index (Phi) is 5.51. The van der Waals surface area contributed by atoms with Crippen LogP contribution >= 0.6 is 11.8 Å². The summed E-state index contributed by atoms with van der Waals surface area (Å²) in [7, 11) is 1.66. The van der Waals surface area contributed by atoms with Crippen LogP contribution in [0.1, 0.15) is 11.1 Å². The largest absolute Gasteiger partial charge is 0.431 e. The first-order valence-electron chi connectivity index (χ1n) is 7.57. The molecule has 0 aliphatic rings. The van der Waals surface area contributed by atoms with Crippen molar-refractivity contribution in [3.05, 3.63) is 59.7 Å². The van der Waals surface area contributed by atoms with E-state index < -0.39 is 0 Å². The lowest BCUT2D eigenvalue weighted by Gasteiger charge is -2.09. The third kappa shape index (κ3) is 4.15. The molecule has 0 saturated carbocycles. The average molecular weight is 342 g/mol. The number of ether oxygens (including phenoxy) is 1. The molecule has 2 aromatic carbocycles. The van der Waals surface area contributed by atoms with Crippen molar-refractivity contribution in [3.63, 3.8) is 0 Å². The number of oxazole rings is 1. The molecule has 1 aromatic heterocycles. The fourth-order valence-corrected chi connectivity index (χ4v) is 2.98. The lowest BCUT2D eigenvalue weighted by atomic mass is 10.1. The number of hydrogen-bond donors (Lipinski definition) is 1. The highest BCUT2D eigenvalue weighted by Gasteiger charge is 2.09. The number of hydrogen-bond acceptors (Lipinski definition) is 5. The lowest BCUT2D eigenvalue weighted by molar-refractivity contribution is -0.118. The molecule has 0 aliphatic carbocycles. The fourth-order valence-electron chi connectivity index (χ4n) is 2.31. The zero-order chi connectivity index (χ0) is 16.8. The van der Waals surface area contributed by atoms with Crippen molar-refractivity contribution in [2.75, 3.05) is 12.9 Å². The minimum absolute atomic E-state index is 0.0607. The third-order valence-electron chi connectivity index (χ3n) is 3.50. The Morgan fingerprint density at radius 1 is 1.17 bits per heavy atom. The SMILES string of the molecule is COCc1ccccc1CNC(=O)CSc1nc2ccccc2o1. The van der Waals surface area contributed by atoms with Crippen LogP contribution in [-0.2, 0) is 22.7 Å². The van der Waals surface area contributed by atoms with Gasteiger partial charge < -0.3 is 14.5 Å². The number of nitrogens with zero attached hydrogens (tertiary/aromatic N) is 1. The van der Waals surface area contributed by atoms with Crippen molar-refractivity contribution in [1.29, 1.82) is 0 Å². The number of rotatable bonds is 7. The molecule has 0 fully saturated rings. The maximum Gasteiger partial charge on any atom is 0.257 e. The van der Waals surface area contributed by atoms with Gasteiger partial charge >= 0.3 is 0 Å². The molecule has 0 aliphatic heterocycles. The Labute approximate surface area is 144 Å². The molecule has 6 heteroatoms. The van der Waals surface area contributed by atoms with Crippen molar-refractivity contribution in [1.82, 2.24) is 10.3 Å². The molecule has 1 amide bonds. The van der Waals surface area contributed by atoms with Crippen LogP contribution in [-0.4, -0.2) is 23.8 Å². The molecule has 3 aromatic rings. The van der Waals surface area contributed by atoms with E-state index in [1.807, 2.05) is 48.5 Å². The Bertz CT molecular complexity index is 799. The lowest BCUT2D eigenvalue weighted by Crippen LogP contribution is -2.25. The summed E-state index contributed by atoms with van der Waals surface area (Å²) in [6.07, 6.45) is 0. The molecule has 0 radical (unpaired) electrons. The number of benzene rings is 2. The van der Waals surface area contributed by atoms with Gasteiger partial charge in [-0.1, -0.05) is 48.2 Å². The van der Waals surface area contributed by atoms with Crippen LogP contribution in [0.15, 0.2) is 58.2 Å². The molecule has 0 saturated heterocycles. The number of nitrogens with one attached hydrogen (secondary N) is 1. The number of aromatic nitrogens is 1. The summed E-state index contributed by atoms with van der Waals surface area (Å²) in [4.78, 5) is 16.4. The van der Waals surface area contributed by atoms with Gasteiger partial charge in [0.1, 0.15) is 5.52 Å². The minimum Gasteiger partial charge on any atom is -0.431 e. The van der Waals surface area contributed by atoms with Crippen LogP contribution in [0.2, 0.25) is 0 Å². The average Bonchev–Trinajstić information content (AvgIpc) is 3.02. The summed E-state index contributed by atoms with van der Waals surface area (Å²) < 4.78 is 10.8. The van der Waals surface area contributed by atoms with Gasteiger partial charge in [-0.15, -0.1) is 0 Å². The van der Waals surface area contributed by atoms with E-state index in [0.29, 0.717) is 18.4 Å². The molecule has 3 rings (SSSR count). The number of amides is 1. The van der Waals surface area contributed by atoms with Gasteiger partial charge in [0.2, 0.25) is 5.91 Å². The predicted octanol–water partition coefficient (Wildman–Crippen LogP) is 3.38. The molecule has 0 atom stereocenters. The van der Waals surface area contributed by atoms with Crippen LogP contribution in [0.5, 0.6) is 0 Å². The molecule has 5 nitrogen and oxygen atoms in total. The second-order valence-electron chi connectivity index (χ2n) is 5.21. The summed E-state index contributed by atoms with van der Waals surface area (Å²) in [5.74, 6) is 0.202. The van der Waals surface area contributed by atoms with E-state index in [1.165, 1.54) is 11.8 Å². The topological polar surface area (TPSA) is 64.4 Å². The Hall–Kier alpha value is -2.31. The van der Waals surface area contributed by atoms with Gasteiger partial charge in [-0.2, -0.15) is 0 Å². The molecule has 24 heavy (non-hydrogen) atoms. The Morgan fingerprint density at radius 3 is 2.71 bits per heavy atom. The fraction of sp³-hybridized carbons (Fsp3) is 0.222. The van der Waals surface area contributed by atoms with Gasteiger partial charge in [0.15, 0.2) is 5.58 Å².